The first-order chi connectivity index (χ1) is 8.69. The monoisotopic (exact) mass is 301 g/mol. The molecule has 1 atom stereocenters. The fourth-order valence-electron chi connectivity index (χ4n) is 1.48. The van der Waals surface area contributed by atoms with Gasteiger partial charge in [0.2, 0.25) is 0 Å². The van der Waals surface area contributed by atoms with Crippen molar-refractivity contribution < 1.29 is 19.4 Å². The number of amides is 1. The number of carboxylic acids is 1. The summed E-state index contributed by atoms with van der Waals surface area (Å²) in [5.41, 5.74) is 0.487. The number of alkyl carbamates (subject to hydrolysis) is 1. The largest absolute Gasteiger partial charge is 0.478 e. The highest BCUT2D eigenvalue weighted by atomic mass is 35.5. The topological polar surface area (TPSA) is 75.6 Å². The molecule has 20 heavy (non-hydrogen) atoms. The van der Waals surface area contributed by atoms with Crippen molar-refractivity contribution in [3.05, 3.63) is 35.4 Å². The van der Waals surface area contributed by atoms with Crippen LogP contribution in [0.25, 0.3) is 0 Å². The molecule has 0 aliphatic rings. The van der Waals surface area contributed by atoms with Crippen LogP contribution in [0.15, 0.2) is 24.3 Å². The Hall–Kier alpha value is -1.75. The Morgan fingerprint density at radius 1 is 1.20 bits per heavy atom. The third kappa shape index (κ3) is 5.93. The normalized spacial score (nSPS) is 12.0. The number of hydrogen-bond donors (Lipinski definition) is 2. The average molecular weight is 302 g/mol. The molecule has 0 saturated carbocycles. The molecular weight excluding hydrogens is 282 g/mol. The van der Waals surface area contributed by atoms with E-state index < -0.39 is 17.7 Å². The highest BCUT2D eigenvalue weighted by molar-refractivity contribution is 5.87. The van der Waals surface area contributed by atoms with Crippen molar-refractivity contribution in [2.24, 2.45) is 0 Å². The second kappa shape index (κ2) is 7.14. The lowest BCUT2D eigenvalue weighted by Gasteiger charge is -2.22. The van der Waals surface area contributed by atoms with Crippen LogP contribution < -0.4 is 5.32 Å². The van der Waals surface area contributed by atoms with E-state index in [0.717, 1.165) is 5.56 Å². The first-order valence-corrected chi connectivity index (χ1v) is 6.02. The predicted octanol–water partition coefficient (Wildman–Crippen LogP) is 3.39. The van der Waals surface area contributed by atoms with Gasteiger partial charge >= 0.3 is 12.1 Å². The number of carboxylic acid groups (broad SMARTS) is 1. The van der Waals surface area contributed by atoms with Crippen molar-refractivity contribution >= 4 is 24.5 Å². The lowest BCUT2D eigenvalue weighted by Crippen LogP contribution is -2.34. The van der Waals surface area contributed by atoms with Crippen LogP contribution in [0.5, 0.6) is 0 Å². The minimum absolute atomic E-state index is 0. The summed E-state index contributed by atoms with van der Waals surface area (Å²) >= 11 is 0. The van der Waals surface area contributed by atoms with Crippen LogP contribution in [-0.4, -0.2) is 22.8 Å². The van der Waals surface area contributed by atoms with Crippen molar-refractivity contribution in [2.45, 2.75) is 39.3 Å². The van der Waals surface area contributed by atoms with E-state index in [4.69, 9.17) is 9.84 Å². The van der Waals surface area contributed by atoms with E-state index in [9.17, 15) is 9.59 Å². The number of aromatic carboxylic acids is 1. The van der Waals surface area contributed by atoms with Crippen LogP contribution >= 0.6 is 12.4 Å². The van der Waals surface area contributed by atoms with Gasteiger partial charge in [-0.05, 0) is 45.4 Å². The summed E-state index contributed by atoms with van der Waals surface area (Å²) < 4.78 is 5.15. The second-order valence-corrected chi connectivity index (χ2v) is 5.30. The minimum Gasteiger partial charge on any atom is -0.478 e. The third-order valence-electron chi connectivity index (χ3n) is 2.39. The van der Waals surface area contributed by atoms with Crippen molar-refractivity contribution in [2.75, 3.05) is 0 Å². The molecule has 0 heterocycles. The zero-order valence-electron chi connectivity index (χ0n) is 12.0. The first-order valence-electron chi connectivity index (χ1n) is 6.02. The van der Waals surface area contributed by atoms with Crippen LogP contribution in [0.1, 0.15) is 49.7 Å². The highest BCUT2D eigenvalue weighted by Gasteiger charge is 2.18. The smallest absolute Gasteiger partial charge is 0.408 e. The molecule has 0 saturated heterocycles. The Kier molecular flexibility index (Phi) is 6.52. The van der Waals surface area contributed by atoms with Gasteiger partial charge in [0.25, 0.3) is 0 Å². The molecule has 2 N–H and O–H groups in total. The fourth-order valence-corrected chi connectivity index (χ4v) is 1.48. The molecular formula is C14H20ClNO4. The van der Waals surface area contributed by atoms with Crippen LogP contribution in [0, 0.1) is 0 Å². The summed E-state index contributed by atoms with van der Waals surface area (Å²) in [7, 11) is 0. The van der Waals surface area contributed by atoms with Gasteiger partial charge in [-0.25, -0.2) is 9.59 Å². The van der Waals surface area contributed by atoms with Crippen LogP contribution in [-0.2, 0) is 4.74 Å². The van der Waals surface area contributed by atoms with Gasteiger partial charge in [-0.2, -0.15) is 0 Å². The third-order valence-corrected chi connectivity index (χ3v) is 2.39. The fraction of sp³-hybridized carbons (Fsp3) is 0.429. The number of hydrogen-bond acceptors (Lipinski definition) is 3. The molecule has 0 bridgehead atoms. The number of carbonyl (C=O) groups excluding carboxylic acids is 1. The number of halogens is 1. The van der Waals surface area contributed by atoms with Gasteiger partial charge in [0.05, 0.1) is 11.6 Å². The summed E-state index contributed by atoms with van der Waals surface area (Å²) in [5, 5.41) is 11.5. The lowest BCUT2D eigenvalue weighted by atomic mass is 10.1. The van der Waals surface area contributed by atoms with E-state index in [1.54, 1.807) is 39.8 Å². The highest BCUT2D eigenvalue weighted by Crippen LogP contribution is 2.15. The number of ether oxygens (including phenoxy) is 1. The van der Waals surface area contributed by atoms with Crippen LogP contribution in [0.2, 0.25) is 0 Å². The molecule has 0 aliphatic heterocycles. The minimum atomic E-state index is -0.973. The van der Waals surface area contributed by atoms with Crippen LogP contribution in [0.4, 0.5) is 4.79 Å². The van der Waals surface area contributed by atoms with Crippen molar-refractivity contribution in [1.82, 2.24) is 5.32 Å². The molecule has 0 aliphatic carbocycles. The summed E-state index contributed by atoms with van der Waals surface area (Å²) in [5.74, 6) is -0.973. The molecule has 1 aromatic carbocycles. The Bertz CT molecular complexity index is 465. The van der Waals surface area contributed by atoms with Gasteiger partial charge < -0.3 is 15.2 Å². The van der Waals surface area contributed by atoms with Gasteiger partial charge in [0.1, 0.15) is 5.60 Å². The summed E-state index contributed by atoms with van der Waals surface area (Å²) in [6, 6.07) is 6.10. The predicted molar refractivity (Wildman–Crippen MR) is 78.4 cm³/mol. The van der Waals surface area contributed by atoms with Gasteiger partial charge in [0, 0.05) is 0 Å². The van der Waals surface area contributed by atoms with Crippen molar-refractivity contribution in [1.29, 1.82) is 0 Å². The molecule has 0 fully saturated rings. The van der Waals surface area contributed by atoms with E-state index in [-0.39, 0.29) is 24.0 Å². The summed E-state index contributed by atoms with van der Waals surface area (Å²) in [4.78, 5) is 22.3. The maximum atomic E-state index is 11.6. The van der Waals surface area contributed by atoms with Gasteiger partial charge in [-0.15, -0.1) is 12.4 Å². The molecule has 6 heteroatoms. The van der Waals surface area contributed by atoms with Gasteiger partial charge in [-0.1, -0.05) is 12.1 Å². The zero-order valence-corrected chi connectivity index (χ0v) is 12.8. The van der Waals surface area contributed by atoms with Gasteiger partial charge in [-0.3, -0.25) is 0 Å². The molecule has 0 radical (unpaired) electrons. The van der Waals surface area contributed by atoms with E-state index >= 15 is 0 Å². The molecule has 1 unspecified atom stereocenters. The van der Waals surface area contributed by atoms with E-state index in [0.29, 0.717) is 0 Å². The molecule has 1 rings (SSSR count). The standard InChI is InChI=1S/C14H19NO4.ClH/c1-9(15-13(18)19-14(2,3)4)10-5-7-11(8-6-10)12(16)17;/h5-9H,1-4H3,(H,15,18)(H,16,17);1H. The first kappa shape index (κ1) is 18.2. The Morgan fingerprint density at radius 3 is 2.10 bits per heavy atom. The molecule has 5 nitrogen and oxygen atoms in total. The van der Waals surface area contributed by atoms with Crippen molar-refractivity contribution in [3.8, 4) is 0 Å². The van der Waals surface area contributed by atoms with E-state index in [1.807, 2.05) is 0 Å². The molecule has 0 spiro atoms. The number of nitrogens with one attached hydrogen (secondary N) is 1. The van der Waals surface area contributed by atoms with E-state index in [1.165, 1.54) is 12.1 Å². The van der Waals surface area contributed by atoms with E-state index in [2.05, 4.69) is 5.32 Å². The molecule has 0 aromatic heterocycles. The molecule has 1 aromatic rings. The van der Waals surface area contributed by atoms with Crippen molar-refractivity contribution in [3.63, 3.8) is 0 Å². The molecule has 1 amide bonds. The SMILES string of the molecule is CC(NC(=O)OC(C)(C)C)c1ccc(C(=O)O)cc1.Cl. The summed E-state index contributed by atoms with van der Waals surface area (Å²) in [6.45, 7) is 7.18. The molecule has 112 valence electrons. The summed E-state index contributed by atoms with van der Waals surface area (Å²) in [6.07, 6.45) is -0.498. The quantitative estimate of drug-likeness (QED) is 0.897. The maximum absolute atomic E-state index is 11.6. The average Bonchev–Trinajstić information content (AvgIpc) is 2.26. The number of rotatable bonds is 3. The zero-order chi connectivity index (χ0) is 14.6. The van der Waals surface area contributed by atoms with Gasteiger partial charge in [0.15, 0.2) is 0 Å². The second-order valence-electron chi connectivity index (χ2n) is 5.30. The Morgan fingerprint density at radius 2 is 1.70 bits per heavy atom. The Labute approximate surface area is 124 Å². The Balaban J connectivity index is 0.00000361. The maximum Gasteiger partial charge on any atom is 0.408 e. The number of benzene rings is 1. The lowest BCUT2D eigenvalue weighted by molar-refractivity contribution is 0.0507. The number of carbonyl (C=O) groups is 2. The van der Waals surface area contributed by atoms with Crippen LogP contribution in [0.3, 0.4) is 0 Å².